The largest absolute Gasteiger partial charge is 0.0622 e. The molecular formula is C23H28. The highest BCUT2D eigenvalue weighted by molar-refractivity contribution is 5.51. The zero-order valence-corrected chi connectivity index (χ0v) is 14.9. The number of rotatable bonds is 2. The van der Waals surface area contributed by atoms with E-state index in [9.17, 15) is 0 Å². The van der Waals surface area contributed by atoms with Gasteiger partial charge in [0.15, 0.2) is 0 Å². The smallest absolute Gasteiger partial charge is 0.0203 e. The molecule has 0 heterocycles. The van der Waals surface area contributed by atoms with Crippen molar-refractivity contribution in [2.75, 3.05) is 0 Å². The fourth-order valence-corrected chi connectivity index (χ4v) is 4.51. The van der Waals surface area contributed by atoms with Crippen molar-refractivity contribution >= 4 is 0 Å². The van der Waals surface area contributed by atoms with E-state index >= 15 is 0 Å². The number of hydrogen-bond acceptors (Lipinski definition) is 0. The van der Waals surface area contributed by atoms with Gasteiger partial charge in [0, 0.05) is 5.41 Å². The van der Waals surface area contributed by atoms with Crippen LogP contribution in [0.2, 0.25) is 0 Å². The molecule has 120 valence electrons. The van der Waals surface area contributed by atoms with Gasteiger partial charge in [0.2, 0.25) is 0 Å². The average molecular weight is 304 g/mol. The summed E-state index contributed by atoms with van der Waals surface area (Å²) in [5.41, 5.74) is 7.09. The Kier molecular flexibility index (Phi) is 3.08. The summed E-state index contributed by atoms with van der Waals surface area (Å²) in [5, 5.41) is 0. The molecule has 0 heteroatoms. The van der Waals surface area contributed by atoms with Gasteiger partial charge in [-0.2, -0.15) is 0 Å². The minimum atomic E-state index is 0.286. The Hall–Kier alpha value is -1.56. The molecule has 0 amide bonds. The van der Waals surface area contributed by atoms with E-state index < -0.39 is 0 Å². The van der Waals surface area contributed by atoms with Gasteiger partial charge in [-0.1, -0.05) is 76.2 Å². The van der Waals surface area contributed by atoms with E-state index in [1.807, 2.05) is 0 Å². The SMILES string of the molecule is CC1(C)CCC(C)(C)c2cc(C3(c4ccccc4)CC3)ccc21. The highest BCUT2D eigenvalue weighted by Crippen LogP contribution is 2.55. The molecule has 2 aromatic carbocycles. The van der Waals surface area contributed by atoms with Crippen LogP contribution in [0.5, 0.6) is 0 Å². The molecule has 0 bridgehead atoms. The standard InChI is InChI=1S/C23H28/c1-21(2)12-13-22(3,4)20-16-18(10-11-19(20)21)23(14-15-23)17-8-6-5-7-9-17/h5-11,16H,12-15H2,1-4H3. The number of hydrogen-bond donors (Lipinski definition) is 0. The minimum Gasteiger partial charge on any atom is -0.0622 e. The first-order chi connectivity index (χ1) is 10.9. The molecule has 23 heavy (non-hydrogen) atoms. The molecule has 4 rings (SSSR count). The van der Waals surface area contributed by atoms with Crippen molar-refractivity contribution in [3.63, 3.8) is 0 Å². The van der Waals surface area contributed by atoms with Crippen LogP contribution in [0, 0.1) is 0 Å². The first-order valence-electron chi connectivity index (χ1n) is 9.06. The van der Waals surface area contributed by atoms with Crippen molar-refractivity contribution in [3.8, 4) is 0 Å². The van der Waals surface area contributed by atoms with Crippen molar-refractivity contribution < 1.29 is 0 Å². The second-order valence-electron chi connectivity index (χ2n) is 8.98. The summed E-state index contributed by atoms with van der Waals surface area (Å²) in [7, 11) is 0. The van der Waals surface area contributed by atoms with Gasteiger partial charge in [0.05, 0.1) is 0 Å². The van der Waals surface area contributed by atoms with Crippen LogP contribution in [-0.2, 0) is 16.2 Å². The van der Waals surface area contributed by atoms with Crippen LogP contribution in [-0.4, -0.2) is 0 Å². The highest BCUT2D eigenvalue weighted by Gasteiger charge is 2.47. The molecule has 2 aliphatic carbocycles. The van der Waals surface area contributed by atoms with Gasteiger partial charge in [-0.25, -0.2) is 0 Å². The van der Waals surface area contributed by atoms with E-state index in [0.717, 1.165) is 0 Å². The van der Waals surface area contributed by atoms with E-state index in [0.29, 0.717) is 10.8 Å². The molecule has 0 saturated heterocycles. The van der Waals surface area contributed by atoms with Crippen molar-refractivity contribution in [2.24, 2.45) is 0 Å². The second-order valence-corrected chi connectivity index (χ2v) is 8.98. The first kappa shape index (κ1) is 15.0. The van der Waals surface area contributed by atoms with Gasteiger partial charge in [-0.3, -0.25) is 0 Å². The van der Waals surface area contributed by atoms with Crippen LogP contribution in [0.25, 0.3) is 0 Å². The predicted octanol–water partition coefficient (Wildman–Crippen LogP) is 6.12. The molecule has 0 aliphatic heterocycles. The van der Waals surface area contributed by atoms with Crippen LogP contribution in [0.15, 0.2) is 48.5 Å². The lowest BCUT2D eigenvalue weighted by atomic mass is 9.62. The van der Waals surface area contributed by atoms with E-state index in [2.05, 4.69) is 76.2 Å². The molecule has 1 saturated carbocycles. The molecule has 0 radical (unpaired) electrons. The normalized spacial score (nSPS) is 23.1. The van der Waals surface area contributed by atoms with Crippen LogP contribution < -0.4 is 0 Å². The van der Waals surface area contributed by atoms with Crippen LogP contribution >= 0.6 is 0 Å². The summed E-state index contributed by atoms with van der Waals surface area (Å²) in [6.07, 6.45) is 5.16. The lowest BCUT2D eigenvalue weighted by Crippen LogP contribution is -2.34. The third-order valence-corrected chi connectivity index (χ3v) is 6.48. The molecule has 2 aliphatic rings. The third kappa shape index (κ3) is 2.26. The summed E-state index contributed by atoms with van der Waals surface area (Å²) in [6, 6.07) is 18.5. The van der Waals surface area contributed by atoms with Gasteiger partial charge in [0.25, 0.3) is 0 Å². The second kappa shape index (κ2) is 4.72. The molecule has 0 N–H and O–H groups in total. The van der Waals surface area contributed by atoms with E-state index in [1.165, 1.54) is 36.8 Å². The Labute approximate surface area is 140 Å². The highest BCUT2D eigenvalue weighted by atomic mass is 14.5. The van der Waals surface area contributed by atoms with Crippen LogP contribution in [0.4, 0.5) is 0 Å². The molecular weight excluding hydrogens is 276 g/mol. The number of benzene rings is 2. The van der Waals surface area contributed by atoms with Gasteiger partial charge in [-0.05, 0) is 58.8 Å². The van der Waals surface area contributed by atoms with Crippen LogP contribution in [0.3, 0.4) is 0 Å². The van der Waals surface area contributed by atoms with Gasteiger partial charge in [-0.15, -0.1) is 0 Å². The lowest BCUT2D eigenvalue weighted by molar-refractivity contribution is 0.331. The van der Waals surface area contributed by atoms with Gasteiger partial charge >= 0.3 is 0 Å². The van der Waals surface area contributed by atoms with Crippen LogP contribution in [0.1, 0.15) is 75.6 Å². The zero-order valence-electron chi connectivity index (χ0n) is 14.9. The first-order valence-corrected chi connectivity index (χ1v) is 9.06. The van der Waals surface area contributed by atoms with E-state index in [4.69, 9.17) is 0 Å². The molecule has 0 unspecified atom stereocenters. The lowest BCUT2D eigenvalue weighted by Gasteiger charge is -2.42. The van der Waals surface area contributed by atoms with E-state index in [1.54, 1.807) is 11.1 Å². The van der Waals surface area contributed by atoms with Crippen molar-refractivity contribution in [1.29, 1.82) is 0 Å². The fourth-order valence-electron chi connectivity index (χ4n) is 4.51. The molecule has 0 nitrogen and oxygen atoms in total. The fraction of sp³-hybridized carbons (Fsp3) is 0.478. The molecule has 0 aromatic heterocycles. The quantitative estimate of drug-likeness (QED) is 0.627. The molecule has 0 atom stereocenters. The molecule has 1 fully saturated rings. The minimum absolute atomic E-state index is 0.286. The molecule has 0 spiro atoms. The average Bonchev–Trinajstić information content (AvgIpc) is 3.34. The van der Waals surface area contributed by atoms with E-state index in [-0.39, 0.29) is 5.41 Å². The molecule has 2 aromatic rings. The maximum atomic E-state index is 2.55. The van der Waals surface area contributed by atoms with Crippen molar-refractivity contribution in [3.05, 3.63) is 70.8 Å². The summed E-state index contributed by atoms with van der Waals surface area (Å²) in [6.45, 7) is 9.66. The van der Waals surface area contributed by atoms with Gasteiger partial charge < -0.3 is 0 Å². The maximum absolute atomic E-state index is 2.55. The van der Waals surface area contributed by atoms with Gasteiger partial charge in [0.1, 0.15) is 0 Å². The Morgan fingerprint density at radius 2 is 1.22 bits per heavy atom. The summed E-state index contributed by atoms with van der Waals surface area (Å²) in [4.78, 5) is 0. The number of fused-ring (bicyclic) bond motifs is 1. The summed E-state index contributed by atoms with van der Waals surface area (Å²) in [5.74, 6) is 0. The Morgan fingerprint density at radius 1 is 0.609 bits per heavy atom. The topological polar surface area (TPSA) is 0 Å². The van der Waals surface area contributed by atoms with Crippen molar-refractivity contribution in [1.82, 2.24) is 0 Å². The third-order valence-electron chi connectivity index (χ3n) is 6.48. The predicted molar refractivity (Wildman–Crippen MR) is 98.2 cm³/mol. The maximum Gasteiger partial charge on any atom is 0.0203 e. The Morgan fingerprint density at radius 3 is 1.83 bits per heavy atom. The monoisotopic (exact) mass is 304 g/mol. The Balaban J connectivity index is 1.84. The zero-order chi connectivity index (χ0) is 16.3. The summed E-state index contributed by atoms with van der Waals surface area (Å²) >= 11 is 0. The summed E-state index contributed by atoms with van der Waals surface area (Å²) < 4.78 is 0. The Bertz CT molecular complexity index is 730. The van der Waals surface area contributed by atoms with Crippen molar-refractivity contribution in [2.45, 2.75) is 69.6 Å².